The van der Waals surface area contributed by atoms with Crippen LogP contribution < -0.4 is 21.3 Å². The molecule has 1 saturated heterocycles. The molecule has 13 atom stereocenters. The Bertz CT molecular complexity index is 2400. The molecule has 0 aromatic carbocycles. The van der Waals surface area contributed by atoms with Crippen molar-refractivity contribution in [2.75, 3.05) is 69.1 Å². The molecule has 0 radical (unpaired) electrons. The van der Waals surface area contributed by atoms with E-state index < -0.39 is 162 Å². The van der Waals surface area contributed by atoms with Gasteiger partial charge in [0.15, 0.2) is 0 Å². The minimum atomic E-state index is -1.64. The van der Waals surface area contributed by atoms with Gasteiger partial charge >= 0.3 is 0 Å². The fourth-order valence-electron chi connectivity index (χ4n) is 11.0. The predicted octanol–water partition coefficient (Wildman–Crippen LogP) is 2.40. The Hall–Kier alpha value is -6.21. The molecule has 0 aliphatic carbocycles. The molecule has 25 nitrogen and oxygen atoms in total. The van der Waals surface area contributed by atoms with Crippen molar-refractivity contribution >= 4 is 65.0 Å². The molecule has 0 aromatic heterocycles. The Morgan fingerprint density at radius 2 is 0.989 bits per heavy atom. The van der Waals surface area contributed by atoms with Crippen molar-refractivity contribution in [3.05, 3.63) is 12.2 Å². The number of nitrogens with one attached hydrogen (secondary N) is 4. The fourth-order valence-corrected chi connectivity index (χ4v) is 11.0. The Labute approximate surface area is 531 Å². The summed E-state index contributed by atoms with van der Waals surface area (Å²) >= 11 is 0. The number of unbranched alkanes of at least 4 members (excludes halogenated alkanes) is 1. The molecule has 1 rings (SSSR count). The highest BCUT2D eigenvalue weighted by atomic mass is 16.5. The van der Waals surface area contributed by atoms with Crippen molar-refractivity contribution in [3.63, 3.8) is 0 Å². The lowest BCUT2D eigenvalue weighted by Crippen LogP contribution is -2.63. The van der Waals surface area contributed by atoms with Gasteiger partial charge in [0.05, 0.1) is 18.8 Å². The van der Waals surface area contributed by atoms with Gasteiger partial charge in [0.2, 0.25) is 65.0 Å². The maximum absolute atomic E-state index is 15.2. The van der Waals surface area contributed by atoms with Crippen molar-refractivity contribution in [2.24, 2.45) is 35.5 Å². The standard InChI is InChI=1S/C64H115N11O14/c1-24-26-29-41(13)54(78)53-58(82)67-45(25-2)60(84)69(17)35-49(77)73(21)52(44(16)89-31-28-27-30-76)57(81)68-50(39(9)10)63(87)70(18)46(32-36(3)4)56(80)65-42(14)55(79)66-43(15)59(83)71(19)47(33-37(5)6)61(85)72(20)48(34-38(7)8)62(86)74(22)51(40(11)12)64(88)75(53)23/h24,26,36-48,50-54,76,78H,25,27-35H2,1-23H3,(H,65,80)(H,66,79)(H,67,82)(H,68,81)/b26-24+/t41-,42+,43-,44-,45+,46+,47+,48-,50+,51+,52+,53+,54-/m1/s1. The van der Waals surface area contributed by atoms with Gasteiger partial charge < -0.3 is 70.5 Å². The zero-order chi connectivity index (χ0) is 68.8. The highest BCUT2D eigenvalue weighted by Crippen LogP contribution is 2.26. The molecule has 1 fully saturated rings. The first-order valence-electron chi connectivity index (χ1n) is 31.8. The number of likely N-dealkylation sites (N-methyl/N-ethyl adjacent to an activating group) is 7. The molecule has 1 heterocycles. The van der Waals surface area contributed by atoms with E-state index in [1.807, 2.05) is 41.5 Å². The van der Waals surface area contributed by atoms with E-state index in [-0.39, 0.29) is 56.7 Å². The number of carbonyl (C=O) groups is 11. The summed E-state index contributed by atoms with van der Waals surface area (Å²) in [5.41, 5.74) is 0. The van der Waals surface area contributed by atoms with Crippen molar-refractivity contribution in [2.45, 2.75) is 228 Å². The van der Waals surface area contributed by atoms with Crippen LogP contribution in [-0.4, -0.2) is 251 Å². The van der Waals surface area contributed by atoms with Crippen LogP contribution in [0.3, 0.4) is 0 Å². The second kappa shape index (κ2) is 37.8. The number of hydrogen-bond acceptors (Lipinski definition) is 14. The van der Waals surface area contributed by atoms with E-state index in [1.165, 1.54) is 82.8 Å². The number of nitrogens with zero attached hydrogens (tertiary/aromatic N) is 7. The SMILES string of the molecule is C/C=C/C[C@@H](C)[C@@H](O)[C@H]1C(=O)N[C@@H](CC)C(=O)N(C)CC(=O)N(C)[C@@H]([C@@H](C)OCCCCO)C(=O)N[C@@H](C(C)C)C(=O)N(C)[C@@H](CC(C)C)C(=O)N[C@@H](C)C(=O)N[C@H](C)C(=O)N(C)[C@@H](CC(C)C)C(=O)N(C)[C@H](CC(C)C)C(=O)N(C)[C@@H](C(C)C)C(=O)N1C. The number of aliphatic hydroxyl groups is 2. The van der Waals surface area contributed by atoms with Crippen LogP contribution in [-0.2, 0) is 57.5 Å². The summed E-state index contributed by atoms with van der Waals surface area (Å²) in [7, 11) is 9.73. The third-order valence-electron chi connectivity index (χ3n) is 16.7. The largest absolute Gasteiger partial charge is 0.396 e. The van der Waals surface area contributed by atoms with Crippen molar-refractivity contribution in [3.8, 4) is 0 Å². The molecule has 0 saturated carbocycles. The highest BCUT2D eigenvalue weighted by Gasteiger charge is 2.46. The maximum atomic E-state index is 15.2. The smallest absolute Gasteiger partial charge is 0.246 e. The lowest BCUT2D eigenvalue weighted by molar-refractivity contribution is -0.157. The minimum absolute atomic E-state index is 0.0135. The van der Waals surface area contributed by atoms with Gasteiger partial charge in [-0.3, -0.25) is 52.7 Å². The highest BCUT2D eigenvalue weighted by molar-refractivity contribution is 5.99. The van der Waals surface area contributed by atoms with E-state index in [2.05, 4.69) is 21.3 Å². The maximum Gasteiger partial charge on any atom is 0.246 e. The molecule has 0 aromatic rings. The van der Waals surface area contributed by atoms with E-state index in [0.29, 0.717) is 19.3 Å². The van der Waals surface area contributed by atoms with Gasteiger partial charge in [-0.1, -0.05) is 95.2 Å². The molecule has 0 spiro atoms. The lowest BCUT2D eigenvalue weighted by Gasteiger charge is -2.41. The van der Waals surface area contributed by atoms with Gasteiger partial charge in [0.1, 0.15) is 60.4 Å². The Kier molecular flexibility index (Phi) is 34.3. The normalized spacial score (nSPS) is 26.5. The monoisotopic (exact) mass is 1260 g/mol. The average Bonchev–Trinajstić information content (AvgIpc) is 0.987. The van der Waals surface area contributed by atoms with Gasteiger partial charge in [-0.2, -0.15) is 0 Å². The lowest BCUT2D eigenvalue weighted by atomic mass is 9.91. The number of ether oxygens (including phenoxy) is 1. The molecule has 89 heavy (non-hydrogen) atoms. The van der Waals surface area contributed by atoms with Crippen LogP contribution in [0.15, 0.2) is 12.2 Å². The molecular formula is C64H115N11O14. The van der Waals surface area contributed by atoms with Crippen molar-refractivity contribution < 1.29 is 67.7 Å². The summed E-state index contributed by atoms with van der Waals surface area (Å²) in [6, 6.07) is -12.9. The molecule has 25 heteroatoms. The summed E-state index contributed by atoms with van der Waals surface area (Å²) in [6.45, 7) is 26.8. The summed E-state index contributed by atoms with van der Waals surface area (Å²) in [5.74, 6) is -10.2. The molecule has 6 N–H and O–H groups in total. The number of hydrogen-bond donors (Lipinski definition) is 6. The summed E-state index contributed by atoms with van der Waals surface area (Å²) in [6.07, 6.45) is 2.49. The Morgan fingerprint density at radius 1 is 0.517 bits per heavy atom. The van der Waals surface area contributed by atoms with Gasteiger partial charge in [0, 0.05) is 62.5 Å². The van der Waals surface area contributed by atoms with Crippen LogP contribution in [0, 0.1) is 35.5 Å². The van der Waals surface area contributed by atoms with E-state index in [1.54, 1.807) is 67.5 Å². The number of aliphatic hydroxyl groups excluding tert-OH is 2. The van der Waals surface area contributed by atoms with E-state index in [9.17, 15) is 53.4 Å². The molecule has 0 unspecified atom stereocenters. The number of carbonyl (C=O) groups excluding carboxylic acids is 11. The second-order valence-corrected chi connectivity index (χ2v) is 26.4. The van der Waals surface area contributed by atoms with Crippen LogP contribution in [0.25, 0.3) is 0 Å². The first-order chi connectivity index (χ1) is 41.3. The van der Waals surface area contributed by atoms with E-state index >= 15 is 9.59 Å². The minimum Gasteiger partial charge on any atom is -0.396 e. The quantitative estimate of drug-likeness (QED) is 0.0800. The second-order valence-electron chi connectivity index (χ2n) is 26.4. The van der Waals surface area contributed by atoms with Crippen LogP contribution in [0.1, 0.15) is 156 Å². The number of amides is 11. The zero-order valence-corrected chi connectivity index (χ0v) is 58.0. The van der Waals surface area contributed by atoms with E-state index in [0.717, 1.165) is 14.7 Å². The third kappa shape index (κ3) is 23.2. The van der Waals surface area contributed by atoms with Crippen molar-refractivity contribution in [1.82, 2.24) is 55.6 Å². The third-order valence-corrected chi connectivity index (χ3v) is 16.7. The Balaban J connectivity index is 4.38. The predicted molar refractivity (Wildman–Crippen MR) is 341 cm³/mol. The van der Waals surface area contributed by atoms with Crippen molar-refractivity contribution in [1.29, 1.82) is 0 Å². The first kappa shape index (κ1) is 80.8. The molecule has 1 aliphatic heterocycles. The molecule has 0 bridgehead atoms. The van der Waals surface area contributed by atoms with Gasteiger partial charge in [-0.25, -0.2) is 0 Å². The summed E-state index contributed by atoms with van der Waals surface area (Å²) in [4.78, 5) is 169. The summed E-state index contributed by atoms with van der Waals surface area (Å²) < 4.78 is 6.06. The topological polar surface area (TPSA) is 308 Å². The van der Waals surface area contributed by atoms with Crippen LogP contribution >= 0.6 is 0 Å². The first-order valence-corrected chi connectivity index (χ1v) is 31.8. The van der Waals surface area contributed by atoms with E-state index in [4.69, 9.17) is 4.74 Å². The molecule has 510 valence electrons. The molecule has 11 amide bonds. The Morgan fingerprint density at radius 3 is 1.47 bits per heavy atom. The fraction of sp³-hybridized carbons (Fsp3) is 0.797. The van der Waals surface area contributed by atoms with Gasteiger partial charge in [-0.05, 0) is 108 Å². The molecular weight excluding hydrogens is 1150 g/mol. The van der Waals surface area contributed by atoms with Crippen LogP contribution in [0.5, 0.6) is 0 Å². The van der Waals surface area contributed by atoms with Crippen LogP contribution in [0.2, 0.25) is 0 Å². The zero-order valence-electron chi connectivity index (χ0n) is 58.0. The number of allylic oxidation sites excluding steroid dienone is 2. The summed E-state index contributed by atoms with van der Waals surface area (Å²) in [5, 5.41) is 32.5. The number of rotatable bonds is 19. The molecule has 1 aliphatic rings. The van der Waals surface area contributed by atoms with Gasteiger partial charge in [0.25, 0.3) is 0 Å². The van der Waals surface area contributed by atoms with Crippen LogP contribution in [0.4, 0.5) is 0 Å². The average molecular weight is 1260 g/mol. The van der Waals surface area contributed by atoms with Gasteiger partial charge in [-0.15, -0.1) is 0 Å².